The van der Waals surface area contributed by atoms with Crippen molar-refractivity contribution in [1.29, 1.82) is 0 Å². The molecule has 6 rings (SSSR count). The lowest BCUT2D eigenvalue weighted by Crippen LogP contribution is -2.56. The third-order valence-corrected chi connectivity index (χ3v) is 10.9. The van der Waals surface area contributed by atoms with Gasteiger partial charge < -0.3 is 5.32 Å². The second-order valence-electron chi connectivity index (χ2n) is 9.61. The van der Waals surface area contributed by atoms with Gasteiger partial charge in [0.25, 0.3) is 0 Å². The number of nitrogens with one attached hydrogen (secondary N) is 1. The lowest BCUT2D eigenvalue weighted by Gasteiger charge is -2.59. The van der Waals surface area contributed by atoms with Crippen molar-refractivity contribution in [1.82, 2.24) is 15.5 Å². The number of benzene rings is 1. The van der Waals surface area contributed by atoms with Crippen LogP contribution in [-0.4, -0.2) is 27.9 Å². The van der Waals surface area contributed by atoms with Gasteiger partial charge in [-0.15, -0.1) is 10.2 Å². The van der Waals surface area contributed by atoms with Crippen molar-refractivity contribution in [3.05, 3.63) is 34.9 Å². The molecule has 1 heterocycles. The van der Waals surface area contributed by atoms with Crippen molar-refractivity contribution < 1.29 is 4.79 Å². The van der Waals surface area contributed by atoms with Crippen molar-refractivity contribution in [2.24, 2.45) is 23.2 Å². The Labute approximate surface area is 201 Å². The molecule has 31 heavy (non-hydrogen) atoms. The molecule has 0 spiro atoms. The Morgan fingerprint density at radius 2 is 1.68 bits per heavy atom. The predicted molar refractivity (Wildman–Crippen MR) is 130 cm³/mol. The summed E-state index contributed by atoms with van der Waals surface area (Å²) in [5, 5.41) is 12.6. The van der Waals surface area contributed by atoms with Crippen LogP contribution in [0.5, 0.6) is 0 Å². The third kappa shape index (κ3) is 5.10. The van der Waals surface area contributed by atoms with E-state index in [1.54, 1.807) is 23.1 Å². The van der Waals surface area contributed by atoms with E-state index >= 15 is 0 Å². The molecule has 4 saturated carbocycles. The van der Waals surface area contributed by atoms with Crippen molar-refractivity contribution in [2.75, 3.05) is 5.75 Å². The minimum Gasteiger partial charge on any atom is -0.352 e. The van der Waals surface area contributed by atoms with Crippen LogP contribution >= 0.6 is 46.5 Å². The van der Waals surface area contributed by atoms with E-state index in [0.29, 0.717) is 11.2 Å². The smallest absolute Gasteiger partial charge is 0.230 e. The number of hydrogen-bond acceptors (Lipinski definition) is 6. The number of hydrogen-bond donors (Lipinski definition) is 1. The van der Waals surface area contributed by atoms with Crippen LogP contribution < -0.4 is 5.32 Å². The van der Waals surface area contributed by atoms with Gasteiger partial charge in [-0.3, -0.25) is 4.79 Å². The number of halogens is 1. The summed E-state index contributed by atoms with van der Waals surface area (Å²) in [4.78, 5) is 12.7. The molecule has 1 aromatic heterocycles. The van der Waals surface area contributed by atoms with Gasteiger partial charge in [0.1, 0.15) is 0 Å². The topological polar surface area (TPSA) is 54.9 Å². The minimum atomic E-state index is 0.124. The number of aromatic nitrogens is 2. The molecule has 4 aliphatic carbocycles. The van der Waals surface area contributed by atoms with E-state index in [9.17, 15) is 4.79 Å². The van der Waals surface area contributed by atoms with E-state index in [1.165, 1.54) is 55.9 Å². The molecule has 4 nitrogen and oxygen atoms in total. The molecule has 4 aliphatic rings. The molecule has 4 fully saturated rings. The first-order valence-electron chi connectivity index (χ1n) is 11.1. The summed E-state index contributed by atoms with van der Waals surface area (Å²) in [6, 6.07) is 8.14. The zero-order valence-corrected chi connectivity index (χ0v) is 20.9. The molecule has 166 valence electrons. The molecule has 0 saturated heterocycles. The lowest BCUT2D eigenvalue weighted by molar-refractivity contribution is -0.123. The molecule has 0 aliphatic heterocycles. The van der Waals surface area contributed by atoms with Crippen molar-refractivity contribution in [2.45, 2.75) is 65.9 Å². The highest BCUT2D eigenvalue weighted by Crippen LogP contribution is 2.61. The number of carbonyl (C=O) groups is 1. The van der Waals surface area contributed by atoms with Gasteiger partial charge in [0.2, 0.25) is 5.91 Å². The van der Waals surface area contributed by atoms with E-state index in [1.807, 2.05) is 24.3 Å². The molecule has 0 radical (unpaired) electrons. The molecular formula is C23H28ClN3OS3. The van der Waals surface area contributed by atoms with Gasteiger partial charge in [0.15, 0.2) is 8.68 Å². The van der Waals surface area contributed by atoms with Crippen LogP contribution in [0.1, 0.15) is 51.0 Å². The first-order valence-corrected chi connectivity index (χ1v) is 14.3. The Bertz CT molecular complexity index is 897. The zero-order valence-electron chi connectivity index (χ0n) is 17.7. The highest BCUT2D eigenvalue weighted by Gasteiger charge is 2.53. The fourth-order valence-corrected chi connectivity index (χ4v) is 9.22. The summed E-state index contributed by atoms with van der Waals surface area (Å²) in [6.07, 6.45) is 8.26. The maximum absolute atomic E-state index is 12.7. The Kier molecular flexibility index (Phi) is 6.57. The van der Waals surface area contributed by atoms with E-state index in [0.717, 1.165) is 37.2 Å². The van der Waals surface area contributed by atoms with Gasteiger partial charge in [-0.05, 0) is 86.3 Å². The van der Waals surface area contributed by atoms with Crippen LogP contribution in [-0.2, 0) is 10.5 Å². The van der Waals surface area contributed by atoms with Crippen LogP contribution in [0, 0.1) is 23.2 Å². The lowest BCUT2D eigenvalue weighted by atomic mass is 9.48. The van der Waals surface area contributed by atoms with Gasteiger partial charge in [-0.25, -0.2) is 0 Å². The van der Waals surface area contributed by atoms with Crippen LogP contribution in [0.3, 0.4) is 0 Å². The van der Waals surface area contributed by atoms with Crippen molar-refractivity contribution >= 4 is 52.4 Å². The van der Waals surface area contributed by atoms with E-state index in [-0.39, 0.29) is 11.9 Å². The highest BCUT2D eigenvalue weighted by atomic mass is 35.5. The summed E-state index contributed by atoms with van der Waals surface area (Å²) in [5.74, 6) is 4.09. The molecular weight excluding hydrogens is 466 g/mol. The van der Waals surface area contributed by atoms with Gasteiger partial charge >= 0.3 is 0 Å². The SMILES string of the molecule is C[C@H](NC(=O)CSc1nnc(SCc2ccc(Cl)cc2)s1)C12CC3CC(CC(C3)C1)C2. The van der Waals surface area contributed by atoms with Crippen LogP contribution in [0.4, 0.5) is 0 Å². The molecule has 8 heteroatoms. The quantitative estimate of drug-likeness (QED) is 0.437. The first-order chi connectivity index (χ1) is 15.0. The molecule has 1 amide bonds. The van der Waals surface area contributed by atoms with Gasteiger partial charge in [-0.1, -0.05) is 58.6 Å². The van der Waals surface area contributed by atoms with Crippen molar-refractivity contribution in [3.8, 4) is 0 Å². The normalized spacial score (nSPS) is 29.8. The maximum Gasteiger partial charge on any atom is 0.230 e. The monoisotopic (exact) mass is 493 g/mol. The molecule has 0 unspecified atom stereocenters. The van der Waals surface area contributed by atoms with E-state index in [2.05, 4.69) is 22.4 Å². The largest absolute Gasteiger partial charge is 0.352 e. The fraction of sp³-hybridized carbons (Fsp3) is 0.609. The number of rotatable bonds is 8. The summed E-state index contributed by atoms with van der Waals surface area (Å²) in [7, 11) is 0. The Balaban J connectivity index is 1.09. The summed E-state index contributed by atoms with van der Waals surface area (Å²) >= 11 is 10.7. The Morgan fingerprint density at radius 3 is 2.29 bits per heavy atom. The van der Waals surface area contributed by atoms with Gasteiger partial charge in [-0.2, -0.15) is 0 Å². The zero-order chi connectivity index (χ0) is 21.4. The standard InChI is InChI=1S/C23H28ClN3OS3/c1-14(23-9-16-6-17(10-23)8-18(7-16)11-23)25-20(28)13-30-22-27-26-21(31-22)29-12-15-2-4-19(24)5-3-15/h2-5,14,16-18H,6-13H2,1H3,(H,25,28)/t14-,16?,17?,18?,23?/m0/s1. The number of amides is 1. The third-order valence-electron chi connectivity index (χ3n) is 7.37. The van der Waals surface area contributed by atoms with Crippen LogP contribution in [0.15, 0.2) is 32.9 Å². The van der Waals surface area contributed by atoms with E-state index in [4.69, 9.17) is 11.6 Å². The predicted octanol–water partition coefficient (Wildman–Crippen LogP) is 6.30. The van der Waals surface area contributed by atoms with Gasteiger partial charge in [0, 0.05) is 16.8 Å². The maximum atomic E-state index is 12.7. The molecule has 2 aromatic rings. The van der Waals surface area contributed by atoms with Crippen LogP contribution in [0.2, 0.25) is 5.02 Å². The van der Waals surface area contributed by atoms with E-state index < -0.39 is 0 Å². The summed E-state index contributed by atoms with van der Waals surface area (Å²) < 4.78 is 1.79. The number of carbonyl (C=O) groups excluding carboxylic acids is 1. The Hall–Kier alpha value is -0.760. The molecule has 1 aromatic carbocycles. The van der Waals surface area contributed by atoms with Crippen LogP contribution in [0.25, 0.3) is 0 Å². The average Bonchev–Trinajstić information content (AvgIpc) is 3.19. The second kappa shape index (κ2) is 9.24. The Morgan fingerprint density at radius 1 is 1.10 bits per heavy atom. The van der Waals surface area contributed by atoms with Crippen molar-refractivity contribution in [3.63, 3.8) is 0 Å². The first kappa shape index (κ1) is 22.1. The molecule has 1 N–H and O–H groups in total. The highest BCUT2D eigenvalue weighted by molar-refractivity contribution is 8.03. The average molecular weight is 494 g/mol. The minimum absolute atomic E-state index is 0.124. The second-order valence-corrected chi connectivity index (χ2v) is 13.5. The summed E-state index contributed by atoms with van der Waals surface area (Å²) in [5.41, 5.74) is 1.56. The molecule has 4 bridgehead atoms. The summed E-state index contributed by atoms with van der Waals surface area (Å²) in [6.45, 7) is 2.24. The fourth-order valence-electron chi connectivity index (χ4n) is 6.31. The number of thioether (sulfide) groups is 2. The van der Waals surface area contributed by atoms with Gasteiger partial charge in [0.05, 0.1) is 5.75 Å². The molecule has 1 atom stereocenters. The number of nitrogens with zero attached hydrogens (tertiary/aromatic N) is 2.